The number of hydrogen-bond donors (Lipinski definition) is 1. The standard InChI is InChI=1S/C14H13BrO3/c1-2-9-8-11(15)6-7-12(9)18-13(14(16)17)10-4-3-5-10/h1,6-8,10,13H,3-5H2,(H,16,17)/t13-/m0/s1. The molecular weight excluding hydrogens is 296 g/mol. The van der Waals surface area contributed by atoms with Crippen molar-refractivity contribution in [2.75, 3.05) is 0 Å². The van der Waals surface area contributed by atoms with Crippen LogP contribution in [0.5, 0.6) is 5.75 Å². The first-order valence-corrected chi connectivity index (χ1v) is 6.56. The summed E-state index contributed by atoms with van der Waals surface area (Å²) in [4.78, 5) is 11.2. The molecule has 1 aromatic rings. The smallest absolute Gasteiger partial charge is 0.345 e. The first kappa shape index (κ1) is 13.0. The van der Waals surface area contributed by atoms with E-state index in [0.717, 1.165) is 23.7 Å². The van der Waals surface area contributed by atoms with Crippen molar-refractivity contribution in [1.82, 2.24) is 0 Å². The summed E-state index contributed by atoms with van der Waals surface area (Å²) in [6, 6.07) is 5.23. The number of terminal acetylenes is 1. The third kappa shape index (κ3) is 2.68. The molecule has 0 heterocycles. The molecule has 1 fully saturated rings. The van der Waals surface area contributed by atoms with Crippen molar-refractivity contribution in [1.29, 1.82) is 0 Å². The van der Waals surface area contributed by atoms with Gasteiger partial charge in [-0.05, 0) is 31.0 Å². The van der Waals surface area contributed by atoms with Crippen LogP contribution in [0.3, 0.4) is 0 Å². The molecule has 94 valence electrons. The van der Waals surface area contributed by atoms with E-state index in [4.69, 9.17) is 11.2 Å². The van der Waals surface area contributed by atoms with Gasteiger partial charge in [-0.25, -0.2) is 4.79 Å². The molecule has 1 aliphatic carbocycles. The van der Waals surface area contributed by atoms with E-state index < -0.39 is 12.1 Å². The fourth-order valence-corrected chi connectivity index (χ4v) is 2.31. The van der Waals surface area contributed by atoms with Crippen molar-refractivity contribution in [3.8, 4) is 18.1 Å². The number of carbonyl (C=O) groups is 1. The number of ether oxygens (including phenoxy) is 1. The minimum atomic E-state index is -0.925. The highest BCUT2D eigenvalue weighted by atomic mass is 79.9. The van der Waals surface area contributed by atoms with Crippen LogP contribution in [0.25, 0.3) is 0 Å². The molecule has 1 atom stereocenters. The molecule has 0 amide bonds. The number of halogens is 1. The number of benzene rings is 1. The van der Waals surface area contributed by atoms with Gasteiger partial charge in [-0.15, -0.1) is 6.42 Å². The Kier molecular flexibility index (Phi) is 3.93. The van der Waals surface area contributed by atoms with Gasteiger partial charge < -0.3 is 9.84 Å². The van der Waals surface area contributed by atoms with E-state index in [1.165, 1.54) is 0 Å². The Bertz CT molecular complexity index is 500. The summed E-state index contributed by atoms with van der Waals surface area (Å²) in [7, 11) is 0. The molecule has 0 bridgehead atoms. The summed E-state index contributed by atoms with van der Waals surface area (Å²) in [5.41, 5.74) is 0.565. The number of carboxylic acid groups (broad SMARTS) is 1. The Morgan fingerprint density at radius 1 is 1.56 bits per heavy atom. The number of aliphatic carboxylic acids is 1. The van der Waals surface area contributed by atoms with E-state index in [1.807, 2.05) is 0 Å². The molecular formula is C14H13BrO3. The van der Waals surface area contributed by atoms with Crippen molar-refractivity contribution in [2.45, 2.75) is 25.4 Å². The van der Waals surface area contributed by atoms with Gasteiger partial charge in [0.05, 0.1) is 5.56 Å². The van der Waals surface area contributed by atoms with E-state index in [1.54, 1.807) is 18.2 Å². The van der Waals surface area contributed by atoms with Gasteiger partial charge in [0.2, 0.25) is 0 Å². The lowest BCUT2D eigenvalue weighted by molar-refractivity contribution is -0.149. The normalized spacial score (nSPS) is 16.4. The fourth-order valence-electron chi connectivity index (χ4n) is 1.95. The van der Waals surface area contributed by atoms with E-state index in [0.29, 0.717) is 11.3 Å². The second kappa shape index (κ2) is 5.45. The largest absolute Gasteiger partial charge is 0.478 e. The Morgan fingerprint density at radius 2 is 2.28 bits per heavy atom. The Hall–Kier alpha value is -1.47. The van der Waals surface area contributed by atoms with Crippen LogP contribution in [-0.4, -0.2) is 17.2 Å². The van der Waals surface area contributed by atoms with Gasteiger partial charge in [0, 0.05) is 10.4 Å². The van der Waals surface area contributed by atoms with Gasteiger partial charge in [-0.2, -0.15) is 0 Å². The molecule has 4 heteroatoms. The lowest BCUT2D eigenvalue weighted by Gasteiger charge is -2.31. The summed E-state index contributed by atoms with van der Waals surface area (Å²) < 4.78 is 6.44. The molecule has 0 unspecified atom stereocenters. The molecule has 0 aromatic heterocycles. The van der Waals surface area contributed by atoms with Crippen molar-refractivity contribution in [3.63, 3.8) is 0 Å². The highest BCUT2D eigenvalue weighted by Gasteiger charge is 2.34. The lowest BCUT2D eigenvalue weighted by atomic mass is 9.81. The zero-order valence-electron chi connectivity index (χ0n) is 9.73. The maximum Gasteiger partial charge on any atom is 0.345 e. The molecule has 0 aliphatic heterocycles. The van der Waals surface area contributed by atoms with Crippen molar-refractivity contribution >= 4 is 21.9 Å². The van der Waals surface area contributed by atoms with Gasteiger partial charge in [0.1, 0.15) is 5.75 Å². The van der Waals surface area contributed by atoms with Crippen LogP contribution >= 0.6 is 15.9 Å². The second-order valence-corrected chi connectivity index (χ2v) is 5.27. The third-order valence-corrected chi connectivity index (χ3v) is 3.67. The fraction of sp³-hybridized carbons (Fsp3) is 0.357. The average molecular weight is 309 g/mol. The maximum absolute atomic E-state index is 11.2. The molecule has 18 heavy (non-hydrogen) atoms. The van der Waals surface area contributed by atoms with E-state index in [9.17, 15) is 9.90 Å². The SMILES string of the molecule is C#Cc1cc(Br)ccc1O[C@H](C(=O)O)C1CCC1. The summed E-state index contributed by atoms with van der Waals surface area (Å²) in [5.74, 6) is 2.13. The highest BCUT2D eigenvalue weighted by Crippen LogP contribution is 2.33. The van der Waals surface area contributed by atoms with Gasteiger partial charge in [-0.3, -0.25) is 0 Å². The monoisotopic (exact) mass is 308 g/mol. The van der Waals surface area contributed by atoms with Crippen LogP contribution in [-0.2, 0) is 4.79 Å². The first-order chi connectivity index (χ1) is 8.61. The van der Waals surface area contributed by atoms with Crippen LogP contribution < -0.4 is 4.74 Å². The summed E-state index contributed by atoms with van der Waals surface area (Å²) >= 11 is 3.32. The zero-order valence-corrected chi connectivity index (χ0v) is 11.3. The Morgan fingerprint density at radius 3 is 2.78 bits per heavy atom. The summed E-state index contributed by atoms with van der Waals surface area (Å²) in [6.07, 6.45) is 7.47. The molecule has 2 rings (SSSR count). The van der Waals surface area contributed by atoms with Crippen LogP contribution in [0.1, 0.15) is 24.8 Å². The maximum atomic E-state index is 11.2. The molecule has 0 spiro atoms. The quantitative estimate of drug-likeness (QED) is 0.870. The van der Waals surface area contributed by atoms with Crippen LogP contribution in [0.4, 0.5) is 0 Å². The number of hydrogen-bond acceptors (Lipinski definition) is 2. The summed E-state index contributed by atoms with van der Waals surface area (Å²) in [6.45, 7) is 0. The minimum absolute atomic E-state index is 0.0942. The molecule has 1 N–H and O–H groups in total. The van der Waals surface area contributed by atoms with E-state index >= 15 is 0 Å². The highest BCUT2D eigenvalue weighted by molar-refractivity contribution is 9.10. The van der Waals surface area contributed by atoms with Crippen molar-refractivity contribution < 1.29 is 14.6 Å². The van der Waals surface area contributed by atoms with Crippen molar-refractivity contribution in [3.05, 3.63) is 28.2 Å². The minimum Gasteiger partial charge on any atom is -0.478 e. The predicted octanol–water partition coefficient (Wildman–Crippen LogP) is 3.06. The molecule has 1 saturated carbocycles. The van der Waals surface area contributed by atoms with Gasteiger partial charge >= 0.3 is 5.97 Å². The number of carboxylic acids is 1. The average Bonchev–Trinajstić information content (AvgIpc) is 2.27. The van der Waals surface area contributed by atoms with E-state index in [2.05, 4.69) is 21.9 Å². The third-order valence-electron chi connectivity index (χ3n) is 3.17. The van der Waals surface area contributed by atoms with Crippen molar-refractivity contribution in [2.24, 2.45) is 5.92 Å². The van der Waals surface area contributed by atoms with Crippen LogP contribution in [0.2, 0.25) is 0 Å². The predicted molar refractivity (Wildman–Crippen MR) is 71.5 cm³/mol. The molecule has 0 radical (unpaired) electrons. The van der Waals surface area contributed by atoms with Gasteiger partial charge in [0.15, 0.2) is 6.10 Å². The molecule has 1 aromatic carbocycles. The second-order valence-electron chi connectivity index (χ2n) is 4.35. The van der Waals surface area contributed by atoms with Crippen LogP contribution in [0.15, 0.2) is 22.7 Å². The van der Waals surface area contributed by atoms with Gasteiger partial charge in [0.25, 0.3) is 0 Å². The molecule has 0 saturated heterocycles. The Balaban J connectivity index is 2.21. The Labute approximate surface area is 114 Å². The zero-order chi connectivity index (χ0) is 13.1. The molecule has 3 nitrogen and oxygen atoms in total. The summed E-state index contributed by atoms with van der Waals surface area (Å²) in [5, 5.41) is 9.20. The lowest BCUT2D eigenvalue weighted by Crippen LogP contribution is -2.38. The number of rotatable bonds is 4. The van der Waals surface area contributed by atoms with E-state index in [-0.39, 0.29) is 5.92 Å². The first-order valence-electron chi connectivity index (χ1n) is 5.77. The van der Waals surface area contributed by atoms with Gasteiger partial charge in [-0.1, -0.05) is 28.3 Å². The topological polar surface area (TPSA) is 46.5 Å². The van der Waals surface area contributed by atoms with Crippen LogP contribution in [0, 0.1) is 18.3 Å². The molecule has 1 aliphatic rings.